The summed E-state index contributed by atoms with van der Waals surface area (Å²) in [6.07, 6.45) is 4.39. The summed E-state index contributed by atoms with van der Waals surface area (Å²) in [7, 11) is 0. The molecule has 0 aliphatic heterocycles. The van der Waals surface area contributed by atoms with Crippen LogP contribution in [0, 0.1) is 0 Å². The molecule has 1 aliphatic carbocycles. The zero-order chi connectivity index (χ0) is 22.1. The van der Waals surface area contributed by atoms with Crippen LogP contribution in [0.4, 0.5) is 5.69 Å². The lowest BCUT2D eigenvalue weighted by molar-refractivity contribution is -0.147. The molecule has 1 amide bonds. The lowest BCUT2D eigenvalue weighted by Crippen LogP contribution is -2.21. The molecule has 0 radical (unpaired) electrons. The molecule has 164 valence electrons. The molecule has 3 aromatic heterocycles. The lowest BCUT2D eigenvalue weighted by Gasteiger charge is -2.09. The normalized spacial score (nSPS) is 13.2. The van der Waals surface area contributed by atoms with Crippen LogP contribution >= 0.6 is 23.1 Å². The lowest BCUT2D eigenvalue weighted by atomic mass is 9.97. The van der Waals surface area contributed by atoms with Crippen LogP contribution in [0.5, 0.6) is 0 Å². The molecule has 0 spiro atoms. The number of amides is 1. The minimum Gasteiger partial charge on any atom is -0.456 e. The van der Waals surface area contributed by atoms with Gasteiger partial charge in [0.05, 0.1) is 29.2 Å². The summed E-state index contributed by atoms with van der Waals surface area (Å²) >= 11 is 2.63. The second kappa shape index (κ2) is 8.75. The van der Waals surface area contributed by atoms with E-state index in [1.54, 1.807) is 29.5 Å². The number of nitrogens with zero attached hydrogens (tertiary/aromatic N) is 3. The van der Waals surface area contributed by atoms with E-state index < -0.39 is 18.5 Å². The molecule has 0 unspecified atom stereocenters. The van der Waals surface area contributed by atoms with Crippen molar-refractivity contribution in [3.05, 3.63) is 44.8 Å². The highest BCUT2D eigenvalue weighted by molar-refractivity contribution is 7.18. The number of carbonyl (C=O) groups excluding carboxylic acids is 2. The summed E-state index contributed by atoms with van der Waals surface area (Å²) in [5.74, 6) is -0.553. The van der Waals surface area contributed by atoms with Crippen molar-refractivity contribution < 1.29 is 14.3 Å². The summed E-state index contributed by atoms with van der Waals surface area (Å²) in [5, 5.41) is 3.37. The number of esters is 1. The van der Waals surface area contributed by atoms with E-state index in [4.69, 9.17) is 4.74 Å². The maximum atomic E-state index is 12.6. The topological polar surface area (TPSA) is 127 Å². The summed E-state index contributed by atoms with van der Waals surface area (Å²) in [6.45, 7) is -0.409. The van der Waals surface area contributed by atoms with E-state index in [1.807, 2.05) is 0 Å². The van der Waals surface area contributed by atoms with Crippen molar-refractivity contribution in [3.63, 3.8) is 0 Å². The Labute approximate surface area is 190 Å². The molecule has 2 N–H and O–H groups in total. The van der Waals surface area contributed by atoms with Gasteiger partial charge in [-0.15, -0.1) is 11.3 Å². The zero-order valence-corrected chi connectivity index (χ0v) is 18.6. The average molecular weight is 470 g/mol. The van der Waals surface area contributed by atoms with Gasteiger partial charge in [-0.2, -0.15) is 8.75 Å². The summed E-state index contributed by atoms with van der Waals surface area (Å²) in [4.78, 5) is 46.2. The number of benzene rings is 1. The smallest absolute Gasteiger partial charge is 0.306 e. The number of thiophene rings is 1. The predicted molar refractivity (Wildman–Crippen MR) is 122 cm³/mol. The molecule has 4 aromatic rings. The largest absolute Gasteiger partial charge is 0.456 e. The molecule has 0 fully saturated rings. The average Bonchev–Trinajstić information content (AvgIpc) is 3.41. The number of fused-ring (bicyclic) bond motifs is 4. The van der Waals surface area contributed by atoms with Gasteiger partial charge in [-0.25, -0.2) is 4.98 Å². The molecular weight excluding hydrogens is 450 g/mol. The molecule has 5 rings (SSSR count). The minimum absolute atomic E-state index is 0.0123. The van der Waals surface area contributed by atoms with Crippen LogP contribution in [0.1, 0.15) is 35.5 Å². The number of ether oxygens (including phenoxy) is 1. The fraction of sp³-hybridized carbons (Fsp3) is 0.333. The number of aromatic nitrogens is 4. The number of nitrogens with one attached hydrogen (secondary N) is 2. The van der Waals surface area contributed by atoms with E-state index >= 15 is 0 Å². The third-order valence-electron chi connectivity index (χ3n) is 5.36. The maximum absolute atomic E-state index is 12.6. The molecule has 11 heteroatoms. The van der Waals surface area contributed by atoms with Crippen LogP contribution in [-0.4, -0.2) is 37.2 Å². The number of H-pyrrole nitrogens is 1. The van der Waals surface area contributed by atoms with E-state index in [-0.39, 0.29) is 18.4 Å². The van der Waals surface area contributed by atoms with E-state index in [9.17, 15) is 14.4 Å². The van der Waals surface area contributed by atoms with Crippen LogP contribution < -0.4 is 10.9 Å². The summed E-state index contributed by atoms with van der Waals surface area (Å²) in [5.41, 5.74) is 2.78. The Morgan fingerprint density at radius 3 is 2.97 bits per heavy atom. The van der Waals surface area contributed by atoms with Gasteiger partial charge >= 0.3 is 5.97 Å². The van der Waals surface area contributed by atoms with Crippen LogP contribution in [0.2, 0.25) is 0 Å². The van der Waals surface area contributed by atoms with Crippen molar-refractivity contribution in [1.29, 1.82) is 0 Å². The molecule has 0 saturated carbocycles. The number of anilines is 1. The minimum atomic E-state index is -0.540. The van der Waals surface area contributed by atoms with Crippen molar-refractivity contribution in [2.45, 2.75) is 38.5 Å². The SMILES string of the molecule is O=C(COC(=O)CCc1nc2sc3c(c2c(=O)[nH]1)CCCC3)Nc1cccc2nsnc12. The number of carbonyl (C=O) groups is 2. The van der Waals surface area contributed by atoms with Gasteiger partial charge in [0.1, 0.15) is 21.7 Å². The molecule has 32 heavy (non-hydrogen) atoms. The molecule has 0 saturated heterocycles. The molecule has 0 atom stereocenters. The highest BCUT2D eigenvalue weighted by Gasteiger charge is 2.20. The Morgan fingerprint density at radius 2 is 2.06 bits per heavy atom. The van der Waals surface area contributed by atoms with E-state index in [0.29, 0.717) is 27.9 Å². The first-order valence-electron chi connectivity index (χ1n) is 10.3. The fourth-order valence-electron chi connectivity index (χ4n) is 3.86. The molecular formula is C21H19N5O4S2. The third-order valence-corrected chi connectivity index (χ3v) is 7.09. The molecule has 1 aromatic carbocycles. The summed E-state index contributed by atoms with van der Waals surface area (Å²) < 4.78 is 13.3. The van der Waals surface area contributed by atoms with Gasteiger partial charge in [-0.1, -0.05) is 6.07 Å². The van der Waals surface area contributed by atoms with E-state index in [0.717, 1.165) is 47.8 Å². The van der Waals surface area contributed by atoms with E-state index in [1.165, 1.54) is 4.88 Å². The van der Waals surface area contributed by atoms with Crippen molar-refractivity contribution in [1.82, 2.24) is 18.7 Å². The monoisotopic (exact) mass is 469 g/mol. The van der Waals surface area contributed by atoms with Gasteiger partial charge in [0.15, 0.2) is 6.61 Å². The van der Waals surface area contributed by atoms with Crippen molar-refractivity contribution in [2.75, 3.05) is 11.9 Å². The standard InChI is InChI=1S/C21H19N5O4S2/c27-16(22-12-5-3-6-13-19(12)26-32-25-13)10-30-17(28)9-8-15-23-20(29)18-11-4-1-2-7-14(11)31-21(18)24-15/h3,5-6H,1-2,4,7-10H2,(H,22,27)(H,23,24,29). The molecule has 9 nitrogen and oxygen atoms in total. The molecule has 0 bridgehead atoms. The Balaban J connectivity index is 1.17. The van der Waals surface area contributed by atoms with Crippen LogP contribution in [0.25, 0.3) is 21.3 Å². The second-order valence-electron chi connectivity index (χ2n) is 7.55. The first kappa shape index (κ1) is 20.7. The third kappa shape index (κ3) is 4.13. The van der Waals surface area contributed by atoms with Gasteiger partial charge in [0, 0.05) is 11.3 Å². The van der Waals surface area contributed by atoms with Crippen LogP contribution in [-0.2, 0) is 33.6 Å². The number of rotatable bonds is 6. The maximum Gasteiger partial charge on any atom is 0.306 e. The van der Waals surface area contributed by atoms with Crippen LogP contribution in [0.15, 0.2) is 23.0 Å². The Morgan fingerprint density at radius 1 is 1.19 bits per heavy atom. The first-order chi connectivity index (χ1) is 15.6. The Hall–Kier alpha value is -3.18. The molecule has 3 heterocycles. The van der Waals surface area contributed by atoms with Gasteiger partial charge in [0.25, 0.3) is 11.5 Å². The number of aromatic amines is 1. The van der Waals surface area contributed by atoms with Gasteiger partial charge in [-0.3, -0.25) is 14.4 Å². The van der Waals surface area contributed by atoms with Crippen molar-refractivity contribution in [3.8, 4) is 0 Å². The van der Waals surface area contributed by atoms with Crippen LogP contribution in [0.3, 0.4) is 0 Å². The van der Waals surface area contributed by atoms with E-state index in [2.05, 4.69) is 24.0 Å². The number of hydrogen-bond donors (Lipinski definition) is 2. The fourth-order valence-corrected chi connectivity index (χ4v) is 5.69. The van der Waals surface area contributed by atoms with Gasteiger partial charge in [-0.05, 0) is 43.4 Å². The Kier molecular flexibility index (Phi) is 5.66. The number of hydrogen-bond acceptors (Lipinski definition) is 9. The second-order valence-corrected chi connectivity index (χ2v) is 9.16. The zero-order valence-electron chi connectivity index (χ0n) is 17.0. The summed E-state index contributed by atoms with van der Waals surface area (Å²) in [6, 6.07) is 5.28. The predicted octanol–water partition coefficient (Wildman–Crippen LogP) is 2.98. The highest BCUT2D eigenvalue weighted by Crippen LogP contribution is 2.33. The highest BCUT2D eigenvalue weighted by atomic mass is 32.1. The first-order valence-corrected chi connectivity index (χ1v) is 11.8. The molecule has 1 aliphatic rings. The van der Waals surface area contributed by atoms with Gasteiger partial charge in [0.2, 0.25) is 0 Å². The van der Waals surface area contributed by atoms with Crippen molar-refractivity contribution >= 4 is 61.9 Å². The van der Waals surface area contributed by atoms with Crippen molar-refractivity contribution in [2.24, 2.45) is 0 Å². The Bertz CT molecular complexity index is 1390. The number of aryl methyl sites for hydroxylation is 3. The van der Waals surface area contributed by atoms with Gasteiger partial charge < -0.3 is 15.0 Å². The quantitative estimate of drug-likeness (QED) is 0.416.